The van der Waals surface area contributed by atoms with E-state index in [4.69, 9.17) is 8.83 Å². The molecule has 0 saturated carbocycles. The van der Waals surface area contributed by atoms with Crippen LogP contribution in [-0.4, -0.2) is 9.13 Å². The first-order valence-corrected chi connectivity index (χ1v) is 36.6. The Balaban J connectivity index is 0.667. The summed E-state index contributed by atoms with van der Waals surface area (Å²) in [6.07, 6.45) is 0. The van der Waals surface area contributed by atoms with Gasteiger partial charge in [0, 0.05) is 107 Å². The van der Waals surface area contributed by atoms with Crippen molar-refractivity contribution >= 4 is 215 Å². The molecular weight excluding hydrogens is 1280 g/mol. The van der Waals surface area contributed by atoms with Crippen LogP contribution in [0.25, 0.3) is 237 Å². The highest BCUT2D eigenvalue weighted by Gasteiger charge is 2.29. The predicted molar refractivity (Wildman–Crippen MR) is 437 cm³/mol. The quantitative estimate of drug-likeness (QED) is 0.161. The summed E-state index contributed by atoms with van der Waals surface area (Å²) in [4.78, 5) is 0. The van der Waals surface area contributed by atoms with Gasteiger partial charge < -0.3 is 18.0 Å². The molecule has 0 unspecified atom stereocenters. The normalized spacial score (nSPS) is 12.5. The Morgan fingerprint density at radius 2 is 0.588 bits per heavy atom. The van der Waals surface area contributed by atoms with Gasteiger partial charge >= 0.3 is 0 Å². The van der Waals surface area contributed by atoms with Gasteiger partial charge in [0.15, 0.2) is 0 Å². The van der Waals surface area contributed by atoms with Crippen molar-refractivity contribution in [2.75, 3.05) is 0 Å². The predicted octanol–water partition coefficient (Wildman–Crippen LogP) is 28.3. The fraction of sp³-hybridized carbons (Fsp3) is 0. The summed E-state index contributed by atoms with van der Waals surface area (Å²) >= 11 is 3.82. The van der Waals surface area contributed by atoms with Crippen molar-refractivity contribution in [3.8, 4) is 44.8 Å². The fourth-order valence-corrected chi connectivity index (χ4v) is 20.7. The van der Waals surface area contributed by atoms with Gasteiger partial charge in [0.05, 0.1) is 31.5 Å². The Labute approximate surface area is 589 Å². The molecule has 6 heteroatoms. The molecule has 0 atom stereocenters. The molecule has 0 fully saturated rings. The van der Waals surface area contributed by atoms with Gasteiger partial charge in [-0.25, -0.2) is 0 Å². The van der Waals surface area contributed by atoms with Crippen LogP contribution in [0.1, 0.15) is 0 Å². The average Bonchev–Trinajstić information content (AvgIpc) is 1.48. The molecule has 0 aliphatic heterocycles. The number of furan rings is 2. The number of nitrogens with zero attached hydrogens (tertiary/aromatic N) is 2. The van der Waals surface area contributed by atoms with E-state index in [1.807, 2.05) is 28.7 Å². The summed E-state index contributed by atoms with van der Waals surface area (Å²) in [5.74, 6) is 0. The zero-order chi connectivity index (χ0) is 66.2. The van der Waals surface area contributed by atoms with Crippen molar-refractivity contribution in [3.05, 3.63) is 315 Å². The number of hydrogen-bond acceptors (Lipinski definition) is 4. The largest absolute Gasteiger partial charge is 0.456 e. The fourth-order valence-electron chi connectivity index (χ4n) is 18.2. The Morgan fingerprint density at radius 3 is 1.18 bits per heavy atom. The van der Waals surface area contributed by atoms with Gasteiger partial charge in [-0.15, -0.1) is 22.7 Å². The second kappa shape index (κ2) is 20.4. The number of para-hydroxylation sites is 3. The van der Waals surface area contributed by atoms with Gasteiger partial charge in [-0.1, -0.05) is 224 Å². The lowest BCUT2D eigenvalue weighted by Crippen LogP contribution is -1.95. The van der Waals surface area contributed by atoms with Crippen LogP contribution in [0.15, 0.2) is 324 Å². The molecule has 18 aromatic carbocycles. The molecule has 0 spiro atoms. The van der Waals surface area contributed by atoms with Crippen molar-refractivity contribution in [1.82, 2.24) is 9.13 Å². The van der Waals surface area contributed by atoms with E-state index < -0.39 is 0 Å². The van der Waals surface area contributed by atoms with Crippen molar-refractivity contribution in [3.63, 3.8) is 0 Å². The molecule has 0 aliphatic rings. The second-order valence-electron chi connectivity index (χ2n) is 27.6. The summed E-state index contributed by atoms with van der Waals surface area (Å²) in [6, 6.07) is 117. The average molecular weight is 1330 g/mol. The van der Waals surface area contributed by atoms with E-state index in [0.717, 1.165) is 83.1 Å². The maximum absolute atomic E-state index is 7.07. The van der Waals surface area contributed by atoms with Crippen molar-refractivity contribution in [1.29, 1.82) is 0 Å². The third-order valence-corrected chi connectivity index (χ3v) is 24.8. The number of fused-ring (bicyclic) bond motifs is 36. The molecule has 0 aliphatic carbocycles. The molecule has 0 saturated heterocycles. The van der Waals surface area contributed by atoms with E-state index >= 15 is 0 Å². The number of hydrogen-bond donors (Lipinski definition) is 0. The Morgan fingerprint density at radius 1 is 0.206 bits per heavy atom. The van der Waals surface area contributed by atoms with Crippen LogP contribution in [0, 0.1) is 0 Å². The molecule has 0 amide bonds. The van der Waals surface area contributed by atoms with Crippen LogP contribution in [-0.2, 0) is 0 Å². The highest BCUT2D eigenvalue weighted by atomic mass is 32.1. The van der Waals surface area contributed by atoms with Crippen LogP contribution < -0.4 is 0 Å². The first-order chi connectivity index (χ1) is 50.6. The summed E-state index contributed by atoms with van der Waals surface area (Å²) in [6.45, 7) is 0. The lowest BCUT2D eigenvalue weighted by atomic mass is 9.86. The molecule has 470 valence electrons. The van der Waals surface area contributed by atoms with Gasteiger partial charge in [-0.2, -0.15) is 0 Å². The van der Waals surface area contributed by atoms with Gasteiger partial charge in [0.1, 0.15) is 22.3 Å². The molecule has 6 heterocycles. The number of benzene rings is 18. The highest BCUT2D eigenvalue weighted by Crippen LogP contribution is 2.56. The van der Waals surface area contributed by atoms with E-state index in [9.17, 15) is 0 Å². The molecule has 24 rings (SSSR count). The Kier molecular flexibility index (Phi) is 11.0. The zero-order valence-corrected chi connectivity index (χ0v) is 56.2. The molecule has 0 N–H and O–H groups in total. The van der Waals surface area contributed by atoms with Gasteiger partial charge in [0.25, 0.3) is 0 Å². The van der Waals surface area contributed by atoms with E-state index in [1.54, 1.807) is 0 Å². The minimum atomic E-state index is 0.862. The molecular formula is C96H52N2O2S2. The molecule has 4 nitrogen and oxygen atoms in total. The van der Waals surface area contributed by atoms with E-state index in [1.165, 1.54) is 154 Å². The van der Waals surface area contributed by atoms with E-state index in [2.05, 4.69) is 319 Å². The standard InChI is InChI=1S/C96H52N2O2S2/c1-3-24-67-61(21-1)62-22-2-4-25-68(62)86-85(67)89-71-28-7-12-34-76(71)97(93(89)95-91(86)73-30-10-15-37-82(73)101-95)58-44-39-53(40-45-58)55-41-46-65-66-48-43-57(52-81(66)100-80(65)50-55)60-32-18-33-75-84(60)69-26-5-6-27-70(69)87-88(75)90-72-29-8-13-35-77(72)98(94(90)96-92(87)74-31-11-16-38-83(74)102-96)59-20-17-19-54(49-59)56-42-47-64-63-23-9-14-36-78(63)99-79(64)51-56/h1-52H. The Bertz CT molecular complexity index is 7890. The summed E-state index contributed by atoms with van der Waals surface area (Å²) in [7, 11) is 0. The SMILES string of the molecule is c1cc(-c2ccc3c(c2)oc2ccccc23)cc(-n2c3ccccc3c3c4c5cccc(-c6ccc7c(c6)oc6cc(-c8ccc(-n9c%10ccccc%10c%10c%11c%12ccccc%12c%12ccccc%12c%11c%11c%12ccccc%12sc%11c%109)cc8)ccc67)c5c5ccccc5c4c4c5ccccc5sc4c32)c1. The summed E-state index contributed by atoms with van der Waals surface area (Å²) in [5, 5.41) is 30.0. The Hall–Kier alpha value is -12.8. The van der Waals surface area contributed by atoms with Crippen LogP contribution in [0.3, 0.4) is 0 Å². The van der Waals surface area contributed by atoms with Crippen LogP contribution >= 0.6 is 22.7 Å². The topological polar surface area (TPSA) is 36.1 Å². The van der Waals surface area contributed by atoms with Crippen LogP contribution in [0.2, 0.25) is 0 Å². The smallest absolute Gasteiger partial charge is 0.136 e. The van der Waals surface area contributed by atoms with E-state index in [-0.39, 0.29) is 0 Å². The minimum Gasteiger partial charge on any atom is -0.456 e. The van der Waals surface area contributed by atoms with Gasteiger partial charge in [0.2, 0.25) is 0 Å². The molecule has 102 heavy (non-hydrogen) atoms. The number of thiophene rings is 2. The molecule has 6 aromatic heterocycles. The third kappa shape index (κ3) is 7.38. The van der Waals surface area contributed by atoms with Gasteiger partial charge in [-0.05, 0) is 167 Å². The first-order valence-electron chi connectivity index (χ1n) is 34.9. The third-order valence-electron chi connectivity index (χ3n) is 22.4. The van der Waals surface area contributed by atoms with Crippen molar-refractivity contribution in [2.24, 2.45) is 0 Å². The summed E-state index contributed by atoms with van der Waals surface area (Å²) < 4.78 is 23.8. The monoisotopic (exact) mass is 1330 g/mol. The second-order valence-corrected chi connectivity index (χ2v) is 29.7. The minimum absolute atomic E-state index is 0.862. The van der Waals surface area contributed by atoms with Crippen molar-refractivity contribution in [2.45, 2.75) is 0 Å². The van der Waals surface area contributed by atoms with Crippen LogP contribution in [0.4, 0.5) is 0 Å². The van der Waals surface area contributed by atoms with Gasteiger partial charge in [-0.3, -0.25) is 0 Å². The zero-order valence-electron chi connectivity index (χ0n) is 54.5. The molecule has 0 radical (unpaired) electrons. The molecule has 24 aromatic rings. The maximum atomic E-state index is 7.07. The maximum Gasteiger partial charge on any atom is 0.136 e. The first kappa shape index (κ1) is 55.1. The van der Waals surface area contributed by atoms with Crippen molar-refractivity contribution < 1.29 is 8.83 Å². The number of aromatic nitrogens is 2. The van der Waals surface area contributed by atoms with E-state index in [0.29, 0.717) is 0 Å². The van der Waals surface area contributed by atoms with Crippen LogP contribution in [0.5, 0.6) is 0 Å². The molecule has 0 bridgehead atoms. The lowest BCUT2D eigenvalue weighted by molar-refractivity contribution is 0.669. The highest BCUT2D eigenvalue weighted by molar-refractivity contribution is 7.27. The summed E-state index contributed by atoms with van der Waals surface area (Å²) in [5.41, 5.74) is 17.3. The number of rotatable bonds is 5. The lowest BCUT2D eigenvalue weighted by Gasteiger charge is -2.17.